The van der Waals surface area contributed by atoms with Gasteiger partial charge in [0.1, 0.15) is 0 Å². The Morgan fingerprint density at radius 2 is 0.525 bits per heavy atom. The van der Waals surface area contributed by atoms with Gasteiger partial charge < -0.3 is 9.80 Å². The van der Waals surface area contributed by atoms with Crippen molar-refractivity contribution in [3.05, 3.63) is 181 Å². The first kappa shape index (κ1) is 24.9. The molecule has 3 nitrogen and oxygen atoms in total. The molecule has 0 unspecified atom stereocenters. The molecule has 40 heavy (non-hydrogen) atoms. The van der Waals surface area contributed by atoms with E-state index in [4.69, 9.17) is 0 Å². The van der Waals surface area contributed by atoms with Gasteiger partial charge in [0, 0.05) is 45.3 Å². The molecule has 0 saturated heterocycles. The van der Waals surface area contributed by atoms with Crippen LogP contribution in [0, 0.1) is 0 Å². The molecule has 6 aromatic carbocycles. The molecule has 0 amide bonds. The van der Waals surface area contributed by atoms with Gasteiger partial charge in [-0.2, -0.15) is 0 Å². The lowest BCUT2D eigenvalue weighted by Crippen LogP contribution is -2.11. The molecule has 0 N–H and O–H groups in total. The van der Waals surface area contributed by atoms with E-state index in [9.17, 15) is 4.79 Å². The number of para-hydroxylation sites is 4. The van der Waals surface area contributed by atoms with Crippen LogP contribution in [0.4, 0.5) is 34.1 Å². The van der Waals surface area contributed by atoms with Crippen LogP contribution in [0.1, 0.15) is 15.9 Å². The number of nitrogens with zero attached hydrogens (tertiary/aromatic N) is 2. The monoisotopic (exact) mass is 516 g/mol. The summed E-state index contributed by atoms with van der Waals surface area (Å²) in [6.45, 7) is 0. The van der Waals surface area contributed by atoms with Crippen molar-refractivity contribution in [2.45, 2.75) is 0 Å². The summed E-state index contributed by atoms with van der Waals surface area (Å²) in [4.78, 5) is 17.8. The molecule has 0 spiro atoms. The topological polar surface area (TPSA) is 23.6 Å². The number of ketones is 1. The maximum absolute atomic E-state index is 13.5. The summed E-state index contributed by atoms with van der Waals surface area (Å²) in [5, 5.41) is 0. The first-order chi connectivity index (χ1) is 19.8. The van der Waals surface area contributed by atoms with Crippen LogP contribution in [0.5, 0.6) is 0 Å². The number of anilines is 6. The maximum atomic E-state index is 13.5. The summed E-state index contributed by atoms with van der Waals surface area (Å²) in [6.07, 6.45) is 0. The van der Waals surface area contributed by atoms with E-state index in [1.54, 1.807) is 0 Å². The molecular weight excluding hydrogens is 488 g/mol. The molecule has 6 aromatic rings. The number of rotatable bonds is 8. The Morgan fingerprint density at radius 1 is 0.300 bits per heavy atom. The molecule has 3 heteroatoms. The quantitative estimate of drug-likeness (QED) is 0.188. The van der Waals surface area contributed by atoms with Crippen LogP contribution in [0.15, 0.2) is 170 Å². The normalized spacial score (nSPS) is 10.6. The van der Waals surface area contributed by atoms with Crippen molar-refractivity contribution in [2.24, 2.45) is 0 Å². The van der Waals surface area contributed by atoms with E-state index >= 15 is 0 Å². The molecule has 0 atom stereocenters. The highest BCUT2D eigenvalue weighted by Gasteiger charge is 2.16. The highest BCUT2D eigenvalue weighted by molar-refractivity contribution is 6.09. The van der Waals surface area contributed by atoms with E-state index in [0.717, 1.165) is 34.1 Å². The number of carbonyl (C=O) groups excluding carboxylic acids is 1. The number of hydrogen-bond acceptors (Lipinski definition) is 3. The highest BCUT2D eigenvalue weighted by Crippen LogP contribution is 2.36. The molecule has 6 rings (SSSR count). The third-order valence-electron chi connectivity index (χ3n) is 6.83. The summed E-state index contributed by atoms with van der Waals surface area (Å²) in [6, 6.07) is 56.6. The van der Waals surface area contributed by atoms with Crippen molar-refractivity contribution >= 4 is 39.9 Å². The molecule has 0 fully saturated rings. The van der Waals surface area contributed by atoms with Crippen molar-refractivity contribution in [1.82, 2.24) is 0 Å². The van der Waals surface area contributed by atoms with Gasteiger partial charge in [0.15, 0.2) is 5.78 Å². The Balaban J connectivity index is 1.27. The van der Waals surface area contributed by atoms with E-state index < -0.39 is 0 Å². The Labute approximate surface area is 235 Å². The molecule has 0 aromatic heterocycles. The van der Waals surface area contributed by atoms with Gasteiger partial charge in [-0.1, -0.05) is 72.8 Å². The van der Waals surface area contributed by atoms with Crippen LogP contribution in [0.25, 0.3) is 0 Å². The van der Waals surface area contributed by atoms with Crippen LogP contribution in [0.3, 0.4) is 0 Å². The minimum absolute atomic E-state index is 0.00459. The summed E-state index contributed by atoms with van der Waals surface area (Å²) in [5.41, 5.74) is 7.53. The van der Waals surface area contributed by atoms with Gasteiger partial charge in [-0.25, -0.2) is 0 Å². The smallest absolute Gasteiger partial charge is 0.193 e. The van der Waals surface area contributed by atoms with Crippen LogP contribution >= 0.6 is 0 Å². The fourth-order valence-corrected chi connectivity index (χ4v) is 4.89. The molecule has 0 saturated carbocycles. The Kier molecular flexibility index (Phi) is 7.19. The zero-order valence-electron chi connectivity index (χ0n) is 22.0. The van der Waals surface area contributed by atoms with Crippen LogP contribution in [0.2, 0.25) is 0 Å². The third-order valence-corrected chi connectivity index (χ3v) is 6.83. The number of benzene rings is 6. The highest BCUT2D eigenvalue weighted by atomic mass is 16.1. The van der Waals surface area contributed by atoms with Crippen molar-refractivity contribution in [3.63, 3.8) is 0 Å². The maximum Gasteiger partial charge on any atom is 0.193 e. The van der Waals surface area contributed by atoms with Gasteiger partial charge in [0.05, 0.1) is 0 Å². The minimum Gasteiger partial charge on any atom is -0.311 e. The average Bonchev–Trinajstić information content (AvgIpc) is 3.04. The van der Waals surface area contributed by atoms with Crippen molar-refractivity contribution in [1.29, 1.82) is 0 Å². The SMILES string of the molecule is O=C(c1ccc(N(c2ccccc2)c2ccccc2)cc1)c1ccc(N(c2ccccc2)c2ccccc2)cc1. The van der Waals surface area contributed by atoms with Crippen molar-refractivity contribution < 1.29 is 4.79 Å². The van der Waals surface area contributed by atoms with E-state index in [0.29, 0.717) is 11.1 Å². The standard InChI is InChI=1S/C37H28N2O/c40-37(29-21-25-35(26-22-29)38(31-13-5-1-6-14-31)32-15-7-2-8-16-32)30-23-27-36(28-24-30)39(33-17-9-3-10-18-33)34-19-11-4-12-20-34/h1-28H. The first-order valence-corrected chi connectivity index (χ1v) is 13.3. The van der Waals surface area contributed by atoms with E-state index in [2.05, 4.69) is 58.3 Å². The summed E-state index contributed by atoms with van der Waals surface area (Å²) in [5.74, 6) is -0.00459. The minimum atomic E-state index is -0.00459. The Morgan fingerprint density at radius 3 is 0.775 bits per heavy atom. The summed E-state index contributed by atoms with van der Waals surface area (Å²) in [7, 11) is 0. The third kappa shape index (κ3) is 5.27. The van der Waals surface area contributed by atoms with Crippen LogP contribution in [-0.4, -0.2) is 5.78 Å². The van der Waals surface area contributed by atoms with E-state index in [1.165, 1.54) is 0 Å². The molecule has 0 bridgehead atoms. The second kappa shape index (κ2) is 11.5. The molecule has 192 valence electrons. The predicted molar refractivity (Wildman–Crippen MR) is 166 cm³/mol. The molecule has 0 radical (unpaired) electrons. The fourth-order valence-electron chi connectivity index (χ4n) is 4.89. The molecule has 0 aliphatic heterocycles. The Hall–Kier alpha value is -5.41. The van der Waals surface area contributed by atoms with E-state index in [1.807, 2.05) is 121 Å². The van der Waals surface area contributed by atoms with Gasteiger partial charge >= 0.3 is 0 Å². The van der Waals surface area contributed by atoms with Crippen LogP contribution in [-0.2, 0) is 0 Å². The largest absolute Gasteiger partial charge is 0.311 e. The average molecular weight is 517 g/mol. The molecule has 0 aliphatic carbocycles. The second-order valence-corrected chi connectivity index (χ2v) is 9.44. The molecule has 0 aliphatic rings. The van der Waals surface area contributed by atoms with Gasteiger partial charge in [-0.3, -0.25) is 4.79 Å². The van der Waals surface area contributed by atoms with Crippen molar-refractivity contribution in [3.8, 4) is 0 Å². The zero-order chi connectivity index (χ0) is 27.1. The lowest BCUT2D eigenvalue weighted by molar-refractivity contribution is 0.103. The number of carbonyl (C=O) groups is 1. The lowest BCUT2D eigenvalue weighted by Gasteiger charge is -2.25. The van der Waals surface area contributed by atoms with Gasteiger partial charge in [-0.05, 0) is 97.1 Å². The second-order valence-electron chi connectivity index (χ2n) is 9.44. The summed E-state index contributed by atoms with van der Waals surface area (Å²) >= 11 is 0. The summed E-state index contributed by atoms with van der Waals surface area (Å²) < 4.78 is 0. The molecule has 0 heterocycles. The fraction of sp³-hybridized carbons (Fsp3) is 0. The first-order valence-electron chi connectivity index (χ1n) is 13.3. The Bertz CT molecular complexity index is 1460. The van der Waals surface area contributed by atoms with Gasteiger partial charge in [0.25, 0.3) is 0 Å². The predicted octanol–water partition coefficient (Wildman–Crippen LogP) is 9.86. The van der Waals surface area contributed by atoms with Crippen LogP contribution < -0.4 is 9.80 Å². The van der Waals surface area contributed by atoms with Gasteiger partial charge in [0.2, 0.25) is 0 Å². The van der Waals surface area contributed by atoms with E-state index in [-0.39, 0.29) is 5.78 Å². The lowest BCUT2D eigenvalue weighted by atomic mass is 10.0. The number of hydrogen-bond donors (Lipinski definition) is 0. The van der Waals surface area contributed by atoms with Crippen molar-refractivity contribution in [2.75, 3.05) is 9.80 Å². The molecular formula is C37H28N2O. The zero-order valence-corrected chi connectivity index (χ0v) is 22.0. The van der Waals surface area contributed by atoms with Gasteiger partial charge in [-0.15, -0.1) is 0 Å².